The fourth-order valence-corrected chi connectivity index (χ4v) is 1.96. The van der Waals surface area contributed by atoms with E-state index in [1.807, 2.05) is 58.2 Å². The molecular formula is C16H22N2O2. The average Bonchev–Trinajstić information content (AvgIpc) is 2.70. The average molecular weight is 274 g/mol. The van der Waals surface area contributed by atoms with Gasteiger partial charge in [0.1, 0.15) is 5.75 Å². The number of nitrogens with zero attached hydrogens (tertiary/aromatic N) is 1. The maximum Gasteiger partial charge on any atom is 0.316 e. The van der Waals surface area contributed by atoms with E-state index in [2.05, 4.69) is 4.57 Å². The fourth-order valence-electron chi connectivity index (χ4n) is 1.96. The van der Waals surface area contributed by atoms with Crippen LogP contribution in [0.1, 0.15) is 27.7 Å². The van der Waals surface area contributed by atoms with Crippen molar-refractivity contribution in [1.82, 2.24) is 4.57 Å². The van der Waals surface area contributed by atoms with Crippen LogP contribution >= 0.6 is 0 Å². The van der Waals surface area contributed by atoms with Crippen LogP contribution in [0.3, 0.4) is 0 Å². The lowest BCUT2D eigenvalue weighted by Gasteiger charge is -2.16. The van der Waals surface area contributed by atoms with Gasteiger partial charge in [-0.25, -0.2) is 0 Å². The van der Waals surface area contributed by atoms with Crippen LogP contribution < -0.4 is 10.5 Å². The van der Waals surface area contributed by atoms with Crippen LogP contribution in [0.15, 0.2) is 30.5 Å². The van der Waals surface area contributed by atoms with Gasteiger partial charge < -0.3 is 15.0 Å². The Kier molecular flexibility index (Phi) is 3.86. The molecule has 4 nitrogen and oxygen atoms in total. The number of fused-ring (bicyclic) bond motifs is 1. The summed E-state index contributed by atoms with van der Waals surface area (Å²) in [6.45, 7) is 8.22. The first-order chi connectivity index (χ1) is 9.27. The molecule has 0 amide bonds. The van der Waals surface area contributed by atoms with E-state index in [0.29, 0.717) is 5.75 Å². The minimum Gasteiger partial charge on any atom is -0.426 e. The summed E-state index contributed by atoms with van der Waals surface area (Å²) in [6.07, 6.45) is 2.00. The van der Waals surface area contributed by atoms with Gasteiger partial charge in [-0.05, 0) is 51.3 Å². The van der Waals surface area contributed by atoms with Gasteiger partial charge >= 0.3 is 5.97 Å². The number of benzene rings is 1. The molecule has 0 fully saturated rings. The van der Waals surface area contributed by atoms with E-state index in [4.69, 9.17) is 10.5 Å². The summed E-state index contributed by atoms with van der Waals surface area (Å²) < 4.78 is 7.51. The van der Waals surface area contributed by atoms with Gasteiger partial charge in [0.15, 0.2) is 0 Å². The van der Waals surface area contributed by atoms with Crippen molar-refractivity contribution in [2.45, 2.75) is 40.3 Å². The predicted octanol–water partition coefficient (Wildman–Crippen LogP) is 2.94. The maximum atomic E-state index is 11.9. The minimum atomic E-state index is -0.511. The number of carbonyl (C=O) groups excluding carboxylic acids is 1. The van der Waals surface area contributed by atoms with E-state index < -0.39 is 5.41 Å². The van der Waals surface area contributed by atoms with Crippen LogP contribution in [0.5, 0.6) is 5.75 Å². The van der Waals surface area contributed by atoms with Crippen LogP contribution in [-0.2, 0) is 11.3 Å². The molecule has 108 valence electrons. The highest BCUT2D eigenvalue weighted by molar-refractivity contribution is 5.83. The normalized spacial score (nSPS) is 13.4. The van der Waals surface area contributed by atoms with Gasteiger partial charge in [-0.15, -0.1) is 0 Å². The Labute approximate surface area is 119 Å². The van der Waals surface area contributed by atoms with Crippen LogP contribution in [0.25, 0.3) is 10.9 Å². The quantitative estimate of drug-likeness (QED) is 0.691. The lowest BCUT2D eigenvalue weighted by Crippen LogP contribution is -2.25. The topological polar surface area (TPSA) is 57.2 Å². The molecule has 1 aromatic carbocycles. The Morgan fingerprint density at radius 2 is 2.05 bits per heavy atom. The molecule has 0 bridgehead atoms. The second-order valence-corrected chi connectivity index (χ2v) is 6.31. The van der Waals surface area contributed by atoms with Gasteiger partial charge in [-0.2, -0.15) is 0 Å². The lowest BCUT2D eigenvalue weighted by atomic mass is 9.97. The molecule has 0 aliphatic carbocycles. The number of nitrogens with two attached hydrogens (primary N) is 1. The van der Waals surface area contributed by atoms with Gasteiger partial charge in [-0.1, -0.05) is 0 Å². The highest BCUT2D eigenvalue weighted by Crippen LogP contribution is 2.24. The van der Waals surface area contributed by atoms with Crippen molar-refractivity contribution >= 4 is 16.9 Å². The molecule has 20 heavy (non-hydrogen) atoms. The van der Waals surface area contributed by atoms with Gasteiger partial charge in [0.05, 0.1) is 10.9 Å². The van der Waals surface area contributed by atoms with Gasteiger partial charge in [-0.3, -0.25) is 4.79 Å². The third-order valence-electron chi connectivity index (χ3n) is 3.05. The molecule has 1 unspecified atom stereocenters. The summed E-state index contributed by atoms with van der Waals surface area (Å²) >= 11 is 0. The van der Waals surface area contributed by atoms with Crippen molar-refractivity contribution in [2.24, 2.45) is 11.1 Å². The Morgan fingerprint density at radius 1 is 1.35 bits per heavy atom. The first-order valence-electron chi connectivity index (χ1n) is 6.84. The number of hydrogen-bond acceptors (Lipinski definition) is 3. The number of rotatable bonds is 3. The Hall–Kier alpha value is -1.81. The van der Waals surface area contributed by atoms with Crippen molar-refractivity contribution in [3.05, 3.63) is 30.5 Å². The molecular weight excluding hydrogens is 252 g/mol. The molecule has 1 heterocycles. The standard InChI is InChI=1S/C16H22N2O2/c1-11(17)10-18-8-7-12-5-6-13(9-14(12)18)20-15(19)16(2,3)4/h5-9,11H,10,17H2,1-4H3. The Balaban J connectivity index is 2.30. The molecule has 4 heteroatoms. The highest BCUT2D eigenvalue weighted by atomic mass is 16.5. The molecule has 0 aliphatic rings. The van der Waals surface area contributed by atoms with E-state index >= 15 is 0 Å². The number of hydrogen-bond donors (Lipinski definition) is 1. The summed E-state index contributed by atoms with van der Waals surface area (Å²) in [5, 5.41) is 1.11. The zero-order valence-corrected chi connectivity index (χ0v) is 12.5. The van der Waals surface area contributed by atoms with E-state index in [0.717, 1.165) is 17.4 Å². The van der Waals surface area contributed by atoms with E-state index in [9.17, 15) is 4.79 Å². The van der Waals surface area contributed by atoms with E-state index in [-0.39, 0.29) is 12.0 Å². The monoisotopic (exact) mass is 274 g/mol. The molecule has 0 radical (unpaired) electrons. The van der Waals surface area contributed by atoms with Crippen LogP contribution in [-0.4, -0.2) is 16.6 Å². The number of ether oxygens (including phenoxy) is 1. The van der Waals surface area contributed by atoms with Crippen molar-refractivity contribution < 1.29 is 9.53 Å². The smallest absolute Gasteiger partial charge is 0.316 e. The summed E-state index contributed by atoms with van der Waals surface area (Å²) in [6, 6.07) is 7.78. The number of aromatic nitrogens is 1. The third-order valence-corrected chi connectivity index (χ3v) is 3.05. The molecule has 0 spiro atoms. The second-order valence-electron chi connectivity index (χ2n) is 6.31. The van der Waals surface area contributed by atoms with E-state index in [1.54, 1.807) is 0 Å². The molecule has 0 saturated heterocycles. The Bertz CT molecular complexity index is 621. The van der Waals surface area contributed by atoms with Gasteiger partial charge in [0.25, 0.3) is 0 Å². The molecule has 2 N–H and O–H groups in total. The summed E-state index contributed by atoms with van der Waals surface area (Å²) in [7, 11) is 0. The SMILES string of the molecule is CC(N)Cn1ccc2ccc(OC(=O)C(C)(C)C)cc21. The zero-order valence-electron chi connectivity index (χ0n) is 12.5. The Morgan fingerprint density at radius 3 is 2.65 bits per heavy atom. The second kappa shape index (κ2) is 5.29. The van der Waals surface area contributed by atoms with Gasteiger partial charge in [0, 0.05) is 24.8 Å². The van der Waals surface area contributed by atoms with E-state index in [1.165, 1.54) is 0 Å². The van der Waals surface area contributed by atoms with Gasteiger partial charge in [0.2, 0.25) is 0 Å². The minimum absolute atomic E-state index is 0.0754. The van der Waals surface area contributed by atoms with Crippen molar-refractivity contribution in [3.63, 3.8) is 0 Å². The number of carbonyl (C=O) groups is 1. The van der Waals surface area contributed by atoms with Crippen molar-refractivity contribution in [3.8, 4) is 5.75 Å². The summed E-state index contributed by atoms with van der Waals surface area (Å²) in [5.41, 5.74) is 6.36. The summed E-state index contributed by atoms with van der Waals surface area (Å²) in [5.74, 6) is 0.337. The molecule has 2 rings (SSSR count). The molecule has 2 aromatic rings. The first-order valence-corrected chi connectivity index (χ1v) is 6.84. The fraction of sp³-hybridized carbons (Fsp3) is 0.438. The molecule has 0 aliphatic heterocycles. The summed E-state index contributed by atoms with van der Waals surface area (Å²) in [4.78, 5) is 11.9. The molecule has 0 saturated carbocycles. The molecule has 1 atom stereocenters. The van der Waals surface area contributed by atoms with Crippen molar-refractivity contribution in [1.29, 1.82) is 0 Å². The third kappa shape index (κ3) is 3.20. The molecule has 1 aromatic heterocycles. The zero-order chi connectivity index (χ0) is 14.9. The highest BCUT2D eigenvalue weighted by Gasteiger charge is 2.23. The van der Waals surface area contributed by atoms with Crippen LogP contribution in [0.4, 0.5) is 0 Å². The van der Waals surface area contributed by atoms with Crippen LogP contribution in [0, 0.1) is 5.41 Å². The van der Waals surface area contributed by atoms with Crippen molar-refractivity contribution in [2.75, 3.05) is 0 Å². The first kappa shape index (κ1) is 14.6. The lowest BCUT2D eigenvalue weighted by molar-refractivity contribution is -0.142. The maximum absolute atomic E-state index is 11.9. The number of esters is 1. The van der Waals surface area contributed by atoms with Crippen LogP contribution in [0.2, 0.25) is 0 Å². The predicted molar refractivity (Wildman–Crippen MR) is 80.7 cm³/mol. The largest absolute Gasteiger partial charge is 0.426 e.